The molecule has 0 unspecified atom stereocenters. The number of esters is 1. The number of methoxy groups -OCH3 is 1. The number of aromatic nitrogens is 1. The van der Waals surface area contributed by atoms with Crippen LogP contribution in [0.15, 0.2) is 23.4 Å². The molecule has 0 radical (unpaired) electrons. The molecule has 0 bridgehead atoms. The second-order valence-electron chi connectivity index (χ2n) is 4.75. The van der Waals surface area contributed by atoms with Gasteiger partial charge in [-0.2, -0.15) is 0 Å². The van der Waals surface area contributed by atoms with Crippen molar-refractivity contribution in [2.75, 3.05) is 12.9 Å². The summed E-state index contributed by atoms with van der Waals surface area (Å²) in [5, 5.41) is 0.989. The van der Waals surface area contributed by atoms with Gasteiger partial charge in [0.1, 0.15) is 0 Å². The van der Waals surface area contributed by atoms with E-state index in [2.05, 4.69) is 4.98 Å². The van der Waals surface area contributed by atoms with Crippen molar-refractivity contribution in [1.29, 1.82) is 0 Å². The van der Waals surface area contributed by atoms with Crippen LogP contribution >= 0.6 is 11.8 Å². The average Bonchev–Trinajstić information content (AvgIpc) is 3.17. The normalized spacial score (nSPS) is 16.3. The highest BCUT2D eigenvalue weighted by Crippen LogP contribution is 2.51. The van der Waals surface area contributed by atoms with Crippen LogP contribution in [0.1, 0.15) is 24.8 Å². The molecule has 1 fully saturated rings. The van der Waals surface area contributed by atoms with Crippen LogP contribution in [0.5, 0.6) is 0 Å². The summed E-state index contributed by atoms with van der Waals surface area (Å²) in [5.41, 5.74) is 6.71. The fourth-order valence-electron chi connectivity index (χ4n) is 1.77. The summed E-state index contributed by atoms with van der Waals surface area (Å²) in [5.74, 6) is 0.816. The minimum absolute atomic E-state index is 0.112. The van der Waals surface area contributed by atoms with Crippen LogP contribution in [-0.2, 0) is 16.1 Å². The third-order valence-electron chi connectivity index (χ3n) is 3.26. The lowest BCUT2D eigenvalue weighted by Gasteiger charge is -2.12. The van der Waals surface area contributed by atoms with Gasteiger partial charge in [0.05, 0.1) is 18.6 Å². The smallest absolute Gasteiger partial charge is 0.306 e. The van der Waals surface area contributed by atoms with Crippen molar-refractivity contribution >= 4 is 17.7 Å². The Morgan fingerprint density at radius 3 is 2.83 bits per heavy atom. The van der Waals surface area contributed by atoms with E-state index in [1.165, 1.54) is 7.11 Å². The topological polar surface area (TPSA) is 65.2 Å². The first-order valence-corrected chi connectivity index (χ1v) is 7.01. The van der Waals surface area contributed by atoms with E-state index in [1.54, 1.807) is 11.8 Å². The molecule has 0 spiro atoms. The number of nitrogens with two attached hydrogens (primary N) is 1. The monoisotopic (exact) mass is 266 g/mol. The first-order chi connectivity index (χ1) is 8.67. The molecule has 1 aromatic heterocycles. The third-order valence-corrected chi connectivity index (χ3v) is 4.56. The molecule has 1 aliphatic rings. The van der Waals surface area contributed by atoms with Crippen molar-refractivity contribution in [2.24, 2.45) is 11.1 Å². The number of hydrogen-bond acceptors (Lipinski definition) is 5. The van der Waals surface area contributed by atoms with Gasteiger partial charge >= 0.3 is 5.97 Å². The molecule has 0 saturated heterocycles. The number of rotatable bonds is 6. The Labute approximate surface area is 111 Å². The minimum atomic E-state index is -0.112. The predicted molar refractivity (Wildman–Crippen MR) is 71.2 cm³/mol. The van der Waals surface area contributed by atoms with Gasteiger partial charge in [0.25, 0.3) is 0 Å². The van der Waals surface area contributed by atoms with Crippen LogP contribution in [-0.4, -0.2) is 23.8 Å². The summed E-state index contributed by atoms with van der Waals surface area (Å²) in [6.07, 6.45) is 4.55. The molecule has 1 aromatic rings. The van der Waals surface area contributed by atoms with E-state index in [-0.39, 0.29) is 11.4 Å². The second-order valence-corrected chi connectivity index (χ2v) is 5.75. The van der Waals surface area contributed by atoms with Gasteiger partial charge in [0.15, 0.2) is 0 Å². The van der Waals surface area contributed by atoms with Crippen LogP contribution in [0.2, 0.25) is 0 Å². The van der Waals surface area contributed by atoms with Crippen LogP contribution in [0.3, 0.4) is 0 Å². The van der Waals surface area contributed by atoms with Crippen molar-refractivity contribution in [1.82, 2.24) is 4.98 Å². The molecule has 2 N–H and O–H groups in total. The molecule has 5 heteroatoms. The molecule has 1 aliphatic carbocycles. The number of pyridine rings is 1. The summed E-state index contributed by atoms with van der Waals surface area (Å²) < 4.78 is 4.73. The predicted octanol–water partition coefficient (Wildman–Crippen LogP) is 1.98. The van der Waals surface area contributed by atoms with E-state index in [9.17, 15) is 4.79 Å². The summed E-state index contributed by atoms with van der Waals surface area (Å²) in [6, 6.07) is 3.98. The summed E-state index contributed by atoms with van der Waals surface area (Å²) >= 11 is 1.70. The van der Waals surface area contributed by atoms with Gasteiger partial charge < -0.3 is 10.5 Å². The number of carbonyl (C=O) groups is 1. The van der Waals surface area contributed by atoms with Crippen molar-refractivity contribution in [3.8, 4) is 0 Å². The lowest BCUT2D eigenvalue weighted by atomic mass is 10.1. The molecule has 1 saturated carbocycles. The first kappa shape index (κ1) is 13.4. The Morgan fingerprint density at radius 2 is 2.33 bits per heavy atom. The zero-order chi connectivity index (χ0) is 13.0. The lowest BCUT2D eigenvalue weighted by molar-refractivity contribution is -0.141. The van der Waals surface area contributed by atoms with Gasteiger partial charge in [0, 0.05) is 18.5 Å². The molecule has 0 atom stereocenters. The largest absolute Gasteiger partial charge is 0.469 e. The molecule has 98 valence electrons. The zero-order valence-corrected chi connectivity index (χ0v) is 11.3. The number of ether oxygens (including phenoxy) is 1. The van der Waals surface area contributed by atoms with Gasteiger partial charge in [0.2, 0.25) is 0 Å². The fraction of sp³-hybridized carbons (Fsp3) is 0.538. The maximum absolute atomic E-state index is 11.3. The quantitative estimate of drug-likeness (QED) is 0.630. The third kappa shape index (κ3) is 3.46. The first-order valence-electron chi connectivity index (χ1n) is 6.02. The molecule has 4 nitrogen and oxygen atoms in total. The van der Waals surface area contributed by atoms with Gasteiger partial charge in [-0.05, 0) is 29.9 Å². The number of carbonyl (C=O) groups excluding carboxylic acids is 1. The van der Waals surface area contributed by atoms with Crippen molar-refractivity contribution in [3.05, 3.63) is 23.9 Å². The van der Waals surface area contributed by atoms with Crippen molar-refractivity contribution < 1.29 is 9.53 Å². The number of hydrogen-bond donors (Lipinski definition) is 1. The van der Waals surface area contributed by atoms with Crippen LogP contribution in [0.25, 0.3) is 0 Å². The fourth-order valence-corrected chi connectivity index (χ4v) is 2.91. The average molecular weight is 266 g/mol. The Hall–Kier alpha value is -1.07. The molecule has 2 rings (SSSR count). The van der Waals surface area contributed by atoms with Crippen molar-refractivity contribution in [2.45, 2.75) is 30.8 Å². The number of thioether (sulfide) groups is 1. The highest BCUT2D eigenvalue weighted by Gasteiger charge is 2.44. The zero-order valence-electron chi connectivity index (χ0n) is 10.5. The Bertz CT molecular complexity index is 416. The minimum Gasteiger partial charge on any atom is -0.469 e. The molecule has 18 heavy (non-hydrogen) atoms. The highest BCUT2D eigenvalue weighted by atomic mass is 32.2. The van der Waals surface area contributed by atoms with Crippen LogP contribution < -0.4 is 5.73 Å². The van der Waals surface area contributed by atoms with Gasteiger partial charge in [-0.3, -0.25) is 4.79 Å². The SMILES string of the molecule is COC(=O)CC1(CSc2ccc(CN)cn2)CC1. The maximum atomic E-state index is 11.3. The Balaban J connectivity index is 1.85. The standard InChI is InChI=1S/C13H18N2O2S/c1-17-12(16)6-13(4-5-13)9-18-11-3-2-10(7-14)8-15-11/h2-3,8H,4-7,9,14H2,1H3. The van der Waals surface area contributed by atoms with Gasteiger partial charge in [-0.15, -0.1) is 11.8 Å². The molecular formula is C13H18N2O2S. The van der Waals surface area contributed by atoms with Crippen LogP contribution in [0, 0.1) is 5.41 Å². The van der Waals surface area contributed by atoms with E-state index in [0.717, 1.165) is 29.2 Å². The Kier molecular flexibility index (Phi) is 4.24. The van der Waals surface area contributed by atoms with Crippen molar-refractivity contribution in [3.63, 3.8) is 0 Å². The van der Waals surface area contributed by atoms with Gasteiger partial charge in [-0.1, -0.05) is 6.07 Å². The van der Waals surface area contributed by atoms with E-state index < -0.39 is 0 Å². The number of nitrogens with zero attached hydrogens (tertiary/aromatic N) is 1. The molecular weight excluding hydrogens is 248 g/mol. The van der Waals surface area contributed by atoms with E-state index >= 15 is 0 Å². The molecule has 1 heterocycles. The van der Waals surface area contributed by atoms with E-state index in [1.807, 2.05) is 18.3 Å². The summed E-state index contributed by atoms with van der Waals surface area (Å²) in [7, 11) is 1.44. The summed E-state index contributed by atoms with van der Waals surface area (Å²) in [6.45, 7) is 0.518. The molecule has 0 aromatic carbocycles. The van der Waals surface area contributed by atoms with Gasteiger partial charge in [-0.25, -0.2) is 4.98 Å². The second kappa shape index (κ2) is 5.71. The lowest BCUT2D eigenvalue weighted by Crippen LogP contribution is -2.13. The Morgan fingerprint density at radius 1 is 1.56 bits per heavy atom. The van der Waals surface area contributed by atoms with E-state index in [0.29, 0.717) is 13.0 Å². The highest BCUT2D eigenvalue weighted by molar-refractivity contribution is 7.99. The van der Waals surface area contributed by atoms with Crippen LogP contribution in [0.4, 0.5) is 0 Å². The molecule has 0 amide bonds. The maximum Gasteiger partial charge on any atom is 0.306 e. The molecule has 0 aliphatic heterocycles. The summed E-state index contributed by atoms with van der Waals surface area (Å²) in [4.78, 5) is 15.6. The van der Waals surface area contributed by atoms with E-state index in [4.69, 9.17) is 10.5 Å².